The minimum atomic E-state index is -1.48. The van der Waals surface area contributed by atoms with Crippen LogP contribution in [-0.4, -0.2) is 84.0 Å². The van der Waals surface area contributed by atoms with Crippen molar-refractivity contribution in [3.63, 3.8) is 0 Å². The highest BCUT2D eigenvalue weighted by molar-refractivity contribution is 9.10. The number of pyridine rings is 4. The number of aliphatic hydroxyl groups is 2. The summed E-state index contributed by atoms with van der Waals surface area (Å²) in [6.45, 7) is 23.6. The van der Waals surface area contributed by atoms with Gasteiger partial charge in [0.15, 0.2) is 11.9 Å². The van der Waals surface area contributed by atoms with Crippen LogP contribution in [0.1, 0.15) is 50.1 Å². The predicted molar refractivity (Wildman–Crippen MR) is 404 cm³/mol. The summed E-state index contributed by atoms with van der Waals surface area (Å²) in [6.07, 6.45) is 2.41. The number of ketones is 1. The molecule has 11 rings (SSSR count). The van der Waals surface area contributed by atoms with Crippen LogP contribution in [0.4, 0.5) is 17.5 Å². The zero-order chi connectivity index (χ0) is 72.8. The molecule has 22 heteroatoms. The number of anilines is 3. The van der Waals surface area contributed by atoms with Crippen molar-refractivity contribution in [2.75, 3.05) is 23.0 Å². The maximum absolute atomic E-state index is 11.7. The van der Waals surface area contributed by atoms with Crippen molar-refractivity contribution in [1.29, 1.82) is 0 Å². The molecule has 1 unspecified atom stereocenters. The second-order valence-corrected chi connectivity index (χ2v) is 24.8. The molecule has 6 N–H and O–H groups in total. The first kappa shape index (κ1) is 78.8. The van der Waals surface area contributed by atoms with Gasteiger partial charge in [0, 0.05) is 16.8 Å². The van der Waals surface area contributed by atoms with E-state index in [-0.39, 0.29) is 30.0 Å². The predicted octanol–water partition coefficient (Wildman–Crippen LogP) is 16.7. The molecule has 0 saturated carbocycles. The number of allylic oxidation sites excluding steroid dienone is 2. The molecule has 0 radical (unpaired) electrons. The van der Waals surface area contributed by atoms with Crippen LogP contribution in [0.5, 0.6) is 34.5 Å². The van der Waals surface area contributed by atoms with E-state index in [1.807, 2.05) is 208 Å². The maximum atomic E-state index is 11.7. The third-order valence-corrected chi connectivity index (χ3v) is 15.4. The van der Waals surface area contributed by atoms with Crippen LogP contribution >= 0.6 is 43.5 Å². The zero-order valence-corrected chi connectivity index (χ0v) is 60.2. The number of ether oxygens (including phenoxy) is 3. The first-order chi connectivity index (χ1) is 47.7. The van der Waals surface area contributed by atoms with Crippen LogP contribution in [0.2, 0.25) is 0 Å². The highest BCUT2D eigenvalue weighted by Gasteiger charge is 2.51. The summed E-state index contributed by atoms with van der Waals surface area (Å²) in [5, 5.41) is 22.8. The van der Waals surface area contributed by atoms with E-state index in [9.17, 15) is 24.3 Å². The summed E-state index contributed by atoms with van der Waals surface area (Å²) >= 11 is 11.1. The number of amides is 2. The lowest BCUT2D eigenvalue weighted by atomic mass is 9.79. The summed E-state index contributed by atoms with van der Waals surface area (Å²) in [6, 6.07) is 68.2. The summed E-state index contributed by atoms with van der Waals surface area (Å²) in [5.74, 6) is 4.97. The van der Waals surface area contributed by atoms with Crippen molar-refractivity contribution in [3.05, 3.63) is 288 Å². The average Bonchev–Trinajstić information content (AvgIpc) is 1.62. The number of nitrogens with two attached hydrogens (primary N) is 1. The number of aromatic nitrogens is 4. The van der Waals surface area contributed by atoms with E-state index in [2.05, 4.69) is 117 Å². The molecule has 6 aromatic carbocycles. The number of nitrogen functional groups attached to an aromatic ring is 1. The standard InChI is InChI=1S/C21H20N2O4.C21H18N2O2.C19H23BO3.C9H8BrNO.C5H5BrN2.C3H3ClO/c1-14-5-9-16(10-6-14)27-17-11-7-15(8-12-17)18-3-2-4-20(22-18)23-21(26)19(25)13-24;1-3-21(24)23-20-6-4-5-19(22-20)16-9-13-18(14-10-16)25-17-11-7-15(2)8-12-17;1-14-6-10-16(11-7-14)21-17-12-8-15(9-13-17)20-22-18(2,3)19(4,5)23-20;1-2-8(12)6-7-4-3-5-9(10)11-7;6-4-2-1-3-5(7)8-4;1-2-3(4)5/h2-12,19,24-25H,13H2,1H3,(H,22,23,26);3-14H,1H2,2H3,(H,22,23,24);6-13H,1-5H3;2-5H,1,6H2;1-3H,(H2,7,8);2H,1H2. The number of aliphatic hydroxyl groups excluding tert-OH is 2. The van der Waals surface area contributed by atoms with Gasteiger partial charge < -0.3 is 50.1 Å². The van der Waals surface area contributed by atoms with Crippen molar-refractivity contribution >= 4 is 96.3 Å². The van der Waals surface area contributed by atoms with Crippen LogP contribution in [-0.2, 0) is 34.9 Å². The first-order valence-corrected chi connectivity index (χ1v) is 33.0. The van der Waals surface area contributed by atoms with Crippen LogP contribution in [0.15, 0.2) is 266 Å². The monoisotopic (exact) mass is 1490 g/mol. The Morgan fingerprint density at radius 1 is 0.530 bits per heavy atom. The molecular formula is C78H77BBr2ClN7O11. The Bertz CT molecular complexity index is 4290. The molecule has 1 aliphatic rings. The normalized spacial score (nSPS) is 12.2. The molecule has 18 nitrogen and oxygen atoms in total. The van der Waals surface area contributed by atoms with Gasteiger partial charge in [0.05, 0.1) is 35.6 Å². The molecule has 0 spiro atoms. The Morgan fingerprint density at radius 3 is 1.25 bits per heavy atom. The van der Waals surface area contributed by atoms with Gasteiger partial charge in [-0.25, -0.2) is 19.9 Å². The zero-order valence-electron chi connectivity index (χ0n) is 56.3. The van der Waals surface area contributed by atoms with E-state index in [1.165, 1.54) is 28.8 Å². The molecule has 2 amide bonds. The van der Waals surface area contributed by atoms with Crippen molar-refractivity contribution in [2.45, 2.75) is 72.2 Å². The second-order valence-electron chi connectivity index (χ2n) is 22.8. The number of nitrogens with zero attached hydrogens (tertiary/aromatic N) is 4. The molecule has 1 saturated heterocycles. The van der Waals surface area contributed by atoms with Crippen LogP contribution in [0.3, 0.4) is 0 Å². The molecule has 514 valence electrons. The SMILES string of the molecule is C=CC(=O)Cc1cccc(Br)n1.C=CC(=O)Cl.C=CC(=O)Nc1cccc(-c2ccc(Oc3ccc(C)cc3)cc2)n1.Cc1ccc(Oc2ccc(-c3cccc(NC(=O)C(O)CO)n3)cc2)cc1.Cc1ccc(Oc2ccc(B3OC(C)(C)C(C)(C)O3)cc2)cc1.Nc1cccc(Br)n1. The lowest BCUT2D eigenvalue weighted by Gasteiger charge is -2.32. The molecule has 4 aromatic heterocycles. The molecule has 5 heterocycles. The second kappa shape index (κ2) is 39.4. The molecule has 0 bridgehead atoms. The third kappa shape index (κ3) is 26.9. The number of hydrogen-bond acceptors (Lipinski definition) is 16. The largest absolute Gasteiger partial charge is 0.494 e. The number of carbonyl (C=O) groups excluding carboxylic acids is 4. The molecule has 1 aliphatic heterocycles. The molecular weight excluding hydrogens is 1420 g/mol. The van der Waals surface area contributed by atoms with Crippen LogP contribution in [0.25, 0.3) is 22.5 Å². The number of rotatable bonds is 18. The van der Waals surface area contributed by atoms with Crippen molar-refractivity contribution in [3.8, 4) is 57.0 Å². The molecule has 10 aromatic rings. The molecule has 0 aliphatic carbocycles. The highest BCUT2D eigenvalue weighted by Crippen LogP contribution is 2.37. The smallest absolute Gasteiger partial charge is 0.457 e. The fourth-order valence-corrected chi connectivity index (χ4v) is 9.05. The van der Waals surface area contributed by atoms with E-state index in [0.717, 1.165) is 72.0 Å². The average molecular weight is 1490 g/mol. The van der Waals surface area contributed by atoms with Gasteiger partial charge in [0.25, 0.3) is 5.91 Å². The van der Waals surface area contributed by atoms with Gasteiger partial charge >= 0.3 is 7.12 Å². The summed E-state index contributed by atoms with van der Waals surface area (Å²) < 4.78 is 31.1. The van der Waals surface area contributed by atoms with E-state index in [1.54, 1.807) is 24.3 Å². The fraction of sp³-hybridized carbons (Fsp3) is 0.154. The van der Waals surface area contributed by atoms with Gasteiger partial charge in [0.1, 0.15) is 61.2 Å². The van der Waals surface area contributed by atoms with Crippen molar-refractivity contribution in [1.82, 2.24) is 19.9 Å². The molecule has 100 heavy (non-hydrogen) atoms. The van der Waals surface area contributed by atoms with Gasteiger partial charge in [-0.1, -0.05) is 109 Å². The fourth-order valence-electron chi connectivity index (χ4n) is 8.31. The number of hydrogen-bond donors (Lipinski definition) is 5. The Labute approximate surface area is 605 Å². The highest BCUT2D eigenvalue weighted by atomic mass is 79.9. The number of aryl methyl sites for hydroxylation is 3. The minimum absolute atomic E-state index is 0.0133. The van der Waals surface area contributed by atoms with Gasteiger partial charge in [-0.15, -0.1) is 0 Å². The lowest BCUT2D eigenvalue weighted by Crippen LogP contribution is -2.41. The number of nitrogens with one attached hydrogen (secondary N) is 2. The van der Waals surface area contributed by atoms with E-state index < -0.39 is 23.9 Å². The van der Waals surface area contributed by atoms with Gasteiger partial charge in [0.2, 0.25) is 11.1 Å². The molecule has 1 fully saturated rings. The lowest BCUT2D eigenvalue weighted by molar-refractivity contribution is -0.125. The van der Waals surface area contributed by atoms with Gasteiger partial charge in [-0.2, -0.15) is 0 Å². The van der Waals surface area contributed by atoms with E-state index in [4.69, 9.17) is 46.0 Å². The minimum Gasteiger partial charge on any atom is -0.457 e. The first-order valence-electron chi connectivity index (χ1n) is 31.1. The molecule has 1 atom stereocenters. The Kier molecular flexibility index (Phi) is 31.0. The Hall–Kier alpha value is -10.2. The Balaban J connectivity index is 0.000000202. The Morgan fingerprint density at radius 2 is 0.900 bits per heavy atom. The topological polar surface area (TPSA) is 257 Å². The summed E-state index contributed by atoms with van der Waals surface area (Å²) in [5.41, 5.74) is 13.2. The van der Waals surface area contributed by atoms with E-state index >= 15 is 0 Å². The third-order valence-electron chi connectivity index (χ3n) is 14.4. The quantitative estimate of drug-likeness (QED) is 0.0232. The van der Waals surface area contributed by atoms with Crippen LogP contribution < -0.4 is 36.0 Å². The number of benzene rings is 6. The van der Waals surface area contributed by atoms with Crippen molar-refractivity contribution < 1.29 is 52.9 Å². The van der Waals surface area contributed by atoms with Gasteiger partial charge in [-0.05, 0) is 261 Å². The van der Waals surface area contributed by atoms with Crippen molar-refractivity contribution in [2.24, 2.45) is 0 Å². The number of halogens is 3. The summed E-state index contributed by atoms with van der Waals surface area (Å²) in [7, 11) is -0.339. The van der Waals surface area contributed by atoms with Crippen LogP contribution in [0, 0.1) is 20.8 Å². The maximum Gasteiger partial charge on any atom is 0.494 e. The van der Waals surface area contributed by atoms with E-state index in [0.29, 0.717) is 35.3 Å². The number of carbonyl (C=O) groups is 4. The summed E-state index contributed by atoms with van der Waals surface area (Å²) in [4.78, 5) is 60.2. The van der Waals surface area contributed by atoms with Gasteiger partial charge in [-0.3, -0.25) is 19.2 Å².